The molecule has 1 aliphatic carbocycles. The van der Waals surface area contributed by atoms with Crippen molar-refractivity contribution in [1.29, 1.82) is 0 Å². The van der Waals surface area contributed by atoms with E-state index in [-0.39, 0.29) is 0 Å². The van der Waals surface area contributed by atoms with Crippen molar-refractivity contribution in [2.75, 3.05) is 0 Å². The van der Waals surface area contributed by atoms with E-state index >= 15 is 0 Å². The van der Waals surface area contributed by atoms with Gasteiger partial charge in [0.25, 0.3) is 0 Å². The van der Waals surface area contributed by atoms with Crippen LogP contribution in [0.4, 0.5) is 0 Å². The maximum absolute atomic E-state index is 5.94. The largest absolute Gasteiger partial charge is 0.122 e. The summed E-state index contributed by atoms with van der Waals surface area (Å²) in [6, 6.07) is 8.46. The normalized spacial score (nSPS) is 26.8. The fourth-order valence-corrected chi connectivity index (χ4v) is 1.73. The molecule has 1 saturated carbocycles. The lowest BCUT2D eigenvalue weighted by Gasteiger charge is -1.97. The molecule has 0 aromatic heterocycles. The van der Waals surface area contributed by atoms with Crippen molar-refractivity contribution >= 4 is 17.7 Å². The number of rotatable bonds is 2. The number of benzene rings is 1. The van der Waals surface area contributed by atoms with Gasteiger partial charge in [0.15, 0.2) is 0 Å². The molecule has 1 fully saturated rings. The van der Waals surface area contributed by atoms with Crippen molar-refractivity contribution in [2.24, 2.45) is 0 Å². The van der Waals surface area contributed by atoms with Gasteiger partial charge in [0.2, 0.25) is 0 Å². The first-order valence-electron chi connectivity index (χ1n) is 4.18. The summed E-state index contributed by atoms with van der Waals surface area (Å²) >= 11 is 5.94. The molecule has 1 heteroatoms. The highest BCUT2D eigenvalue weighted by molar-refractivity contribution is 6.23. The molecule has 2 unspecified atom stereocenters. The molecule has 0 bridgehead atoms. The van der Waals surface area contributed by atoms with Crippen molar-refractivity contribution in [3.63, 3.8) is 0 Å². The zero-order valence-electron chi connectivity index (χ0n) is 6.83. The molecule has 1 aromatic carbocycles. The SMILES string of the molecule is C=Cc1ccc(C2CC2Cl)cc1. The zero-order chi connectivity index (χ0) is 8.55. The van der Waals surface area contributed by atoms with E-state index in [2.05, 4.69) is 30.8 Å². The maximum atomic E-state index is 5.94. The maximum Gasteiger partial charge on any atom is 0.0411 e. The molecule has 1 aliphatic rings. The Balaban J connectivity index is 2.19. The molecule has 0 radical (unpaired) electrons. The average Bonchev–Trinajstić information content (AvgIpc) is 2.83. The van der Waals surface area contributed by atoms with Gasteiger partial charge < -0.3 is 0 Å². The van der Waals surface area contributed by atoms with Crippen LogP contribution < -0.4 is 0 Å². The van der Waals surface area contributed by atoms with E-state index < -0.39 is 0 Å². The highest BCUT2D eigenvalue weighted by atomic mass is 35.5. The second-order valence-electron chi connectivity index (χ2n) is 3.23. The van der Waals surface area contributed by atoms with Crippen LogP contribution in [0.25, 0.3) is 6.08 Å². The smallest absolute Gasteiger partial charge is 0.0411 e. The Morgan fingerprint density at radius 3 is 2.33 bits per heavy atom. The molecule has 0 N–H and O–H groups in total. The summed E-state index contributed by atoms with van der Waals surface area (Å²) in [5, 5.41) is 0.375. The number of halogens is 1. The molecule has 0 saturated heterocycles. The first-order chi connectivity index (χ1) is 5.81. The van der Waals surface area contributed by atoms with Crippen LogP contribution in [0, 0.1) is 0 Å². The second kappa shape index (κ2) is 2.95. The number of hydrogen-bond acceptors (Lipinski definition) is 0. The monoisotopic (exact) mass is 178 g/mol. The topological polar surface area (TPSA) is 0 Å². The number of alkyl halides is 1. The summed E-state index contributed by atoms with van der Waals surface area (Å²) in [5.41, 5.74) is 2.53. The molecule has 62 valence electrons. The third-order valence-electron chi connectivity index (χ3n) is 2.31. The summed E-state index contributed by atoms with van der Waals surface area (Å²) in [6.07, 6.45) is 2.99. The summed E-state index contributed by atoms with van der Waals surface area (Å²) in [6.45, 7) is 3.71. The van der Waals surface area contributed by atoms with Gasteiger partial charge >= 0.3 is 0 Å². The van der Waals surface area contributed by atoms with E-state index in [0.717, 1.165) is 6.42 Å². The van der Waals surface area contributed by atoms with Crippen molar-refractivity contribution in [3.8, 4) is 0 Å². The summed E-state index contributed by atoms with van der Waals surface area (Å²) in [7, 11) is 0. The van der Waals surface area contributed by atoms with Crippen LogP contribution in [-0.4, -0.2) is 5.38 Å². The van der Waals surface area contributed by atoms with Gasteiger partial charge in [-0.25, -0.2) is 0 Å². The fraction of sp³-hybridized carbons (Fsp3) is 0.273. The molecule has 1 aromatic rings. The molecular formula is C11H11Cl. The van der Waals surface area contributed by atoms with Gasteiger partial charge in [-0.1, -0.05) is 36.9 Å². The Hall–Kier alpha value is -0.750. The minimum absolute atomic E-state index is 0.375. The summed E-state index contributed by atoms with van der Waals surface area (Å²) in [5.74, 6) is 0.602. The van der Waals surface area contributed by atoms with Crippen LogP contribution in [0.1, 0.15) is 23.5 Å². The van der Waals surface area contributed by atoms with Crippen molar-refractivity contribution in [3.05, 3.63) is 42.0 Å². The quantitative estimate of drug-likeness (QED) is 0.609. The van der Waals surface area contributed by atoms with E-state index in [9.17, 15) is 0 Å². The third-order valence-corrected chi connectivity index (χ3v) is 2.80. The molecule has 0 nitrogen and oxygen atoms in total. The zero-order valence-corrected chi connectivity index (χ0v) is 7.59. The Labute approximate surface area is 77.9 Å². The van der Waals surface area contributed by atoms with Crippen LogP contribution in [-0.2, 0) is 0 Å². The first kappa shape index (κ1) is 7.88. The van der Waals surface area contributed by atoms with Gasteiger partial charge in [-0.2, -0.15) is 0 Å². The van der Waals surface area contributed by atoms with Crippen molar-refractivity contribution in [1.82, 2.24) is 0 Å². The van der Waals surface area contributed by atoms with Crippen LogP contribution in [0.2, 0.25) is 0 Å². The van der Waals surface area contributed by atoms with Gasteiger partial charge in [-0.3, -0.25) is 0 Å². The van der Waals surface area contributed by atoms with Gasteiger partial charge in [-0.05, 0) is 17.5 Å². The van der Waals surface area contributed by atoms with Crippen LogP contribution >= 0.6 is 11.6 Å². The predicted octanol–water partition coefficient (Wildman–Crippen LogP) is 3.42. The van der Waals surface area contributed by atoms with Crippen molar-refractivity contribution < 1.29 is 0 Å². The lowest BCUT2D eigenvalue weighted by molar-refractivity contribution is 1.13. The lowest BCUT2D eigenvalue weighted by Crippen LogP contribution is -1.81. The summed E-state index contributed by atoms with van der Waals surface area (Å²) in [4.78, 5) is 0. The Bertz CT molecular complexity index is 286. The Morgan fingerprint density at radius 2 is 1.92 bits per heavy atom. The van der Waals surface area contributed by atoms with Crippen molar-refractivity contribution in [2.45, 2.75) is 17.7 Å². The Morgan fingerprint density at radius 1 is 1.33 bits per heavy atom. The molecule has 2 atom stereocenters. The van der Waals surface area contributed by atoms with E-state index in [4.69, 9.17) is 11.6 Å². The van der Waals surface area contributed by atoms with E-state index in [1.165, 1.54) is 11.1 Å². The minimum Gasteiger partial charge on any atom is -0.122 e. The predicted molar refractivity (Wildman–Crippen MR) is 53.5 cm³/mol. The van der Waals surface area contributed by atoms with Gasteiger partial charge in [0.1, 0.15) is 0 Å². The highest BCUT2D eigenvalue weighted by Gasteiger charge is 2.36. The first-order valence-corrected chi connectivity index (χ1v) is 4.61. The van der Waals surface area contributed by atoms with E-state index in [0.29, 0.717) is 11.3 Å². The third kappa shape index (κ3) is 1.39. The Kier molecular flexibility index (Phi) is 1.93. The lowest BCUT2D eigenvalue weighted by atomic mass is 10.1. The highest BCUT2D eigenvalue weighted by Crippen LogP contribution is 2.45. The van der Waals surface area contributed by atoms with E-state index in [1.54, 1.807) is 0 Å². The molecule has 0 spiro atoms. The van der Waals surface area contributed by atoms with Gasteiger partial charge in [0, 0.05) is 11.3 Å². The molecule has 0 heterocycles. The van der Waals surface area contributed by atoms with Crippen LogP contribution in [0.3, 0.4) is 0 Å². The minimum atomic E-state index is 0.375. The van der Waals surface area contributed by atoms with Crippen LogP contribution in [0.15, 0.2) is 30.8 Å². The average molecular weight is 179 g/mol. The van der Waals surface area contributed by atoms with Crippen LogP contribution in [0.5, 0.6) is 0 Å². The fourth-order valence-electron chi connectivity index (χ4n) is 1.39. The second-order valence-corrected chi connectivity index (χ2v) is 3.79. The van der Waals surface area contributed by atoms with E-state index in [1.807, 2.05) is 6.08 Å². The standard InChI is InChI=1S/C11H11Cl/c1-2-8-3-5-9(6-4-8)10-7-11(10)12/h2-6,10-11H,1,7H2. The van der Waals surface area contributed by atoms with Gasteiger partial charge in [0.05, 0.1) is 0 Å². The molecule has 12 heavy (non-hydrogen) atoms. The number of hydrogen-bond donors (Lipinski definition) is 0. The molecular weight excluding hydrogens is 168 g/mol. The van der Waals surface area contributed by atoms with Gasteiger partial charge in [-0.15, -0.1) is 11.6 Å². The molecule has 0 amide bonds. The molecule has 2 rings (SSSR count). The summed E-state index contributed by atoms with van der Waals surface area (Å²) < 4.78 is 0. The molecule has 0 aliphatic heterocycles.